The van der Waals surface area contributed by atoms with E-state index in [4.69, 9.17) is 0 Å². The van der Waals surface area contributed by atoms with Crippen LogP contribution in [0.5, 0.6) is 0 Å². The van der Waals surface area contributed by atoms with Crippen molar-refractivity contribution < 1.29 is 4.79 Å². The normalized spacial score (nSPS) is 16.2. The van der Waals surface area contributed by atoms with Gasteiger partial charge in [0.2, 0.25) is 5.91 Å². The fourth-order valence-electron chi connectivity index (χ4n) is 2.91. The number of rotatable bonds is 2. The quantitative estimate of drug-likeness (QED) is 0.850. The number of likely N-dealkylation sites (tertiary alicyclic amines) is 1. The average molecular weight is 283 g/mol. The van der Waals surface area contributed by atoms with E-state index >= 15 is 0 Å². The van der Waals surface area contributed by atoms with Crippen molar-refractivity contribution in [2.45, 2.75) is 32.6 Å². The maximum atomic E-state index is 11.4. The highest BCUT2D eigenvalue weighted by Crippen LogP contribution is 2.28. The number of aromatic nitrogens is 2. The Labute approximate surface area is 125 Å². The Kier molecular flexibility index (Phi) is 3.78. The lowest BCUT2D eigenvalue weighted by Gasteiger charge is -2.30. The fourth-order valence-corrected chi connectivity index (χ4v) is 2.91. The fraction of sp³-hybridized carbons (Fsp3) is 0.412. The molecule has 0 atom stereocenters. The highest BCUT2D eigenvalue weighted by Gasteiger charge is 2.22. The van der Waals surface area contributed by atoms with Crippen LogP contribution in [-0.2, 0) is 4.79 Å². The molecular weight excluding hydrogens is 262 g/mol. The summed E-state index contributed by atoms with van der Waals surface area (Å²) in [6.45, 7) is 5.45. The number of nitrogens with zero attached hydrogens (tertiary/aromatic N) is 3. The molecule has 3 rings (SSSR count). The molecule has 0 radical (unpaired) electrons. The van der Waals surface area contributed by atoms with Gasteiger partial charge in [-0.2, -0.15) is 5.10 Å². The van der Waals surface area contributed by atoms with Crippen LogP contribution in [0.2, 0.25) is 0 Å². The SMILES string of the molecule is CC(=O)N1CCC(c2cnn(-c3ccc(C)cc3)c2)CC1. The number of benzene rings is 1. The van der Waals surface area contributed by atoms with Crippen LogP contribution in [0.3, 0.4) is 0 Å². The third-order valence-electron chi connectivity index (χ3n) is 4.31. The molecule has 0 spiro atoms. The summed E-state index contributed by atoms with van der Waals surface area (Å²) in [7, 11) is 0. The number of carbonyl (C=O) groups excluding carboxylic acids is 1. The van der Waals surface area contributed by atoms with Crippen molar-refractivity contribution >= 4 is 5.91 Å². The minimum absolute atomic E-state index is 0.184. The van der Waals surface area contributed by atoms with Gasteiger partial charge in [0.1, 0.15) is 0 Å². The molecule has 0 unspecified atom stereocenters. The van der Waals surface area contributed by atoms with Gasteiger partial charge in [0.05, 0.1) is 11.9 Å². The van der Waals surface area contributed by atoms with Crippen molar-refractivity contribution in [3.63, 3.8) is 0 Å². The van der Waals surface area contributed by atoms with Crippen molar-refractivity contribution in [1.82, 2.24) is 14.7 Å². The Morgan fingerprint density at radius 3 is 2.48 bits per heavy atom. The molecule has 1 aliphatic rings. The smallest absolute Gasteiger partial charge is 0.219 e. The summed E-state index contributed by atoms with van der Waals surface area (Å²) in [5.41, 5.74) is 3.62. The maximum Gasteiger partial charge on any atom is 0.219 e. The van der Waals surface area contributed by atoms with Crippen molar-refractivity contribution in [2.24, 2.45) is 0 Å². The zero-order valence-electron chi connectivity index (χ0n) is 12.6. The second kappa shape index (κ2) is 5.72. The van der Waals surface area contributed by atoms with Gasteiger partial charge in [-0.3, -0.25) is 4.79 Å². The highest BCUT2D eigenvalue weighted by molar-refractivity contribution is 5.73. The zero-order chi connectivity index (χ0) is 14.8. The lowest BCUT2D eigenvalue weighted by atomic mass is 9.91. The van der Waals surface area contributed by atoms with Gasteiger partial charge in [-0.25, -0.2) is 4.68 Å². The molecule has 0 N–H and O–H groups in total. The van der Waals surface area contributed by atoms with Crippen LogP contribution in [0, 0.1) is 6.92 Å². The monoisotopic (exact) mass is 283 g/mol. The van der Waals surface area contributed by atoms with Gasteiger partial charge in [-0.05, 0) is 43.4 Å². The van der Waals surface area contributed by atoms with Crippen LogP contribution in [0.25, 0.3) is 5.69 Å². The van der Waals surface area contributed by atoms with Crippen LogP contribution >= 0.6 is 0 Å². The Morgan fingerprint density at radius 1 is 1.19 bits per heavy atom. The minimum Gasteiger partial charge on any atom is -0.343 e. The number of aryl methyl sites for hydroxylation is 1. The first-order chi connectivity index (χ1) is 10.1. The van der Waals surface area contributed by atoms with Crippen LogP contribution in [0.4, 0.5) is 0 Å². The molecule has 4 nitrogen and oxygen atoms in total. The third kappa shape index (κ3) is 2.99. The molecule has 1 aromatic heterocycles. The van der Waals surface area contributed by atoms with Crippen molar-refractivity contribution in [2.75, 3.05) is 13.1 Å². The molecule has 110 valence electrons. The topological polar surface area (TPSA) is 38.1 Å². The third-order valence-corrected chi connectivity index (χ3v) is 4.31. The zero-order valence-corrected chi connectivity index (χ0v) is 12.6. The number of hydrogen-bond acceptors (Lipinski definition) is 2. The molecule has 0 saturated carbocycles. The summed E-state index contributed by atoms with van der Waals surface area (Å²) >= 11 is 0. The predicted molar refractivity (Wildman–Crippen MR) is 82.5 cm³/mol. The van der Waals surface area contributed by atoms with Gasteiger partial charge in [-0.15, -0.1) is 0 Å². The van der Waals surface area contributed by atoms with E-state index in [2.05, 4.69) is 42.5 Å². The number of amides is 1. The van der Waals surface area contributed by atoms with Crippen LogP contribution in [0.1, 0.15) is 36.8 Å². The molecule has 21 heavy (non-hydrogen) atoms. The van der Waals surface area contributed by atoms with Crippen LogP contribution in [0.15, 0.2) is 36.7 Å². The second-order valence-electron chi connectivity index (χ2n) is 5.83. The Hall–Kier alpha value is -2.10. The van der Waals surface area contributed by atoms with Crippen LogP contribution < -0.4 is 0 Å². The summed E-state index contributed by atoms with van der Waals surface area (Å²) in [5, 5.41) is 4.48. The van der Waals surface area contributed by atoms with E-state index in [1.54, 1.807) is 6.92 Å². The Balaban J connectivity index is 1.71. The van der Waals surface area contributed by atoms with Crippen molar-refractivity contribution in [3.8, 4) is 5.69 Å². The van der Waals surface area contributed by atoms with E-state index in [0.717, 1.165) is 31.6 Å². The summed E-state index contributed by atoms with van der Waals surface area (Å²) in [5.74, 6) is 0.698. The van der Waals surface area contributed by atoms with Crippen molar-refractivity contribution in [3.05, 3.63) is 47.8 Å². The summed E-state index contributed by atoms with van der Waals surface area (Å²) in [6.07, 6.45) is 6.14. The molecule has 1 fully saturated rings. The van der Waals surface area contributed by atoms with Gasteiger partial charge in [-0.1, -0.05) is 17.7 Å². The molecule has 2 aromatic rings. The van der Waals surface area contributed by atoms with E-state index in [-0.39, 0.29) is 5.91 Å². The van der Waals surface area contributed by atoms with Gasteiger partial charge in [0, 0.05) is 26.2 Å². The largest absolute Gasteiger partial charge is 0.343 e. The summed E-state index contributed by atoms with van der Waals surface area (Å²) < 4.78 is 1.94. The van der Waals surface area contributed by atoms with Crippen molar-refractivity contribution in [1.29, 1.82) is 0 Å². The molecule has 2 heterocycles. The molecule has 0 bridgehead atoms. The first-order valence-electron chi connectivity index (χ1n) is 7.50. The van der Waals surface area contributed by atoms with E-state index < -0.39 is 0 Å². The van der Waals surface area contributed by atoms with E-state index in [9.17, 15) is 4.79 Å². The molecule has 1 aliphatic heterocycles. The predicted octanol–water partition coefficient (Wildman–Crippen LogP) is 2.91. The van der Waals surface area contributed by atoms with Crippen LogP contribution in [-0.4, -0.2) is 33.7 Å². The maximum absolute atomic E-state index is 11.4. The van der Waals surface area contributed by atoms with Gasteiger partial charge >= 0.3 is 0 Å². The van der Waals surface area contributed by atoms with E-state index in [1.165, 1.54) is 11.1 Å². The van der Waals surface area contributed by atoms with Gasteiger partial charge in [0.15, 0.2) is 0 Å². The minimum atomic E-state index is 0.184. The highest BCUT2D eigenvalue weighted by atomic mass is 16.2. The molecule has 1 aromatic carbocycles. The number of hydrogen-bond donors (Lipinski definition) is 0. The first kappa shape index (κ1) is 13.9. The molecule has 1 saturated heterocycles. The average Bonchev–Trinajstić information content (AvgIpc) is 2.98. The summed E-state index contributed by atoms with van der Waals surface area (Å²) in [4.78, 5) is 13.3. The van der Waals surface area contributed by atoms with Gasteiger partial charge < -0.3 is 4.90 Å². The molecule has 0 aliphatic carbocycles. The lowest BCUT2D eigenvalue weighted by molar-refractivity contribution is -0.129. The first-order valence-corrected chi connectivity index (χ1v) is 7.50. The molecule has 4 heteroatoms. The second-order valence-corrected chi connectivity index (χ2v) is 5.83. The van der Waals surface area contributed by atoms with E-state index in [0.29, 0.717) is 5.92 Å². The summed E-state index contributed by atoms with van der Waals surface area (Å²) in [6, 6.07) is 8.37. The van der Waals surface area contributed by atoms with Gasteiger partial charge in [0.25, 0.3) is 0 Å². The van der Waals surface area contributed by atoms with E-state index in [1.807, 2.05) is 15.8 Å². The number of carbonyl (C=O) groups is 1. The Morgan fingerprint density at radius 2 is 1.86 bits per heavy atom. The Bertz CT molecular complexity index is 622. The molecular formula is C17H21N3O. The standard InChI is InChI=1S/C17H21N3O/c1-13-3-5-17(6-4-13)20-12-16(11-18-20)15-7-9-19(10-8-15)14(2)21/h3-6,11-12,15H,7-10H2,1-2H3. The molecule has 1 amide bonds. The lowest BCUT2D eigenvalue weighted by Crippen LogP contribution is -2.36. The number of piperidine rings is 1.